The van der Waals surface area contributed by atoms with Gasteiger partial charge in [-0.25, -0.2) is 33.3 Å². The second kappa shape index (κ2) is 8.86. The number of nitrogens with zero attached hydrogens (tertiary/aromatic N) is 4. The minimum atomic E-state index is -1.25. The van der Waals surface area contributed by atoms with Crippen molar-refractivity contribution in [3.63, 3.8) is 0 Å². The molecule has 1 aromatic rings. The van der Waals surface area contributed by atoms with Gasteiger partial charge in [-0.15, -0.1) is 0 Å². The van der Waals surface area contributed by atoms with E-state index in [1.165, 1.54) is 18.2 Å². The van der Waals surface area contributed by atoms with Gasteiger partial charge in [0.25, 0.3) is 0 Å². The maximum absolute atomic E-state index is 11.8. The predicted octanol–water partition coefficient (Wildman–Crippen LogP) is -1.53. The molecule has 24 heavy (non-hydrogen) atoms. The highest BCUT2D eigenvalue weighted by molar-refractivity contribution is 5.36. The molecular formula is C12H12N6O6. The monoisotopic (exact) mass is 336 g/mol. The van der Waals surface area contributed by atoms with Crippen LogP contribution in [0.1, 0.15) is 25.9 Å². The Morgan fingerprint density at radius 3 is 1.88 bits per heavy atom. The van der Waals surface area contributed by atoms with E-state index in [0.29, 0.717) is 4.57 Å². The summed E-state index contributed by atoms with van der Waals surface area (Å²) < 4.78 is 0.554. The molecule has 0 aromatic carbocycles. The van der Waals surface area contributed by atoms with Crippen LogP contribution in [0.15, 0.2) is 29.4 Å². The Labute approximate surface area is 132 Å². The van der Waals surface area contributed by atoms with Gasteiger partial charge in [0.15, 0.2) is 6.17 Å². The van der Waals surface area contributed by atoms with Crippen LogP contribution in [0, 0.1) is 5.92 Å². The van der Waals surface area contributed by atoms with Crippen molar-refractivity contribution in [1.82, 2.24) is 14.5 Å². The molecule has 0 spiro atoms. The van der Waals surface area contributed by atoms with Gasteiger partial charge in [0.05, 0.1) is 0 Å². The predicted molar refractivity (Wildman–Crippen MR) is 77.5 cm³/mol. The van der Waals surface area contributed by atoms with E-state index in [1.54, 1.807) is 6.92 Å². The third-order valence-electron chi connectivity index (χ3n) is 3.12. The van der Waals surface area contributed by atoms with Crippen molar-refractivity contribution in [2.75, 3.05) is 0 Å². The highest BCUT2D eigenvalue weighted by Gasteiger charge is 2.23. The zero-order valence-electron chi connectivity index (χ0n) is 12.4. The zero-order chi connectivity index (χ0) is 18.1. The van der Waals surface area contributed by atoms with Crippen LogP contribution in [0.2, 0.25) is 0 Å². The third kappa shape index (κ3) is 4.79. The normalized spacial score (nSPS) is 13.5. The largest absolute Gasteiger partial charge is 0.335 e. The van der Waals surface area contributed by atoms with Gasteiger partial charge in [-0.2, -0.15) is 15.0 Å². The first-order valence-corrected chi connectivity index (χ1v) is 6.60. The van der Waals surface area contributed by atoms with Crippen LogP contribution in [0.4, 0.5) is 0 Å². The summed E-state index contributed by atoms with van der Waals surface area (Å²) in [5, 5.41) is 0. The van der Waals surface area contributed by atoms with E-state index < -0.39 is 35.3 Å². The molecule has 126 valence electrons. The zero-order valence-corrected chi connectivity index (χ0v) is 12.4. The van der Waals surface area contributed by atoms with Crippen LogP contribution in [0.5, 0.6) is 0 Å². The van der Waals surface area contributed by atoms with E-state index in [-0.39, 0.29) is 12.8 Å². The fourth-order valence-electron chi connectivity index (χ4n) is 2.01. The van der Waals surface area contributed by atoms with Gasteiger partial charge >= 0.3 is 17.1 Å². The van der Waals surface area contributed by atoms with E-state index in [2.05, 4.69) is 15.0 Å². The fourth-order valence-corrected chi connectivity index (χ4v) is 2.01. The van der Waals surface area contributed by atoms with Gasteiger partial charge in [0.2, 0.25) is 18.2 Å². The SMILES string of the molecule is CC(CCC(N=C=O)N=C=O)C(N=C=O)n1c(=O)[nH]c(=O)[nH]c1=O. The van der Waals surface area contributed by atoms with Crippen LogP contribution in [0.25, 0.3) is 0 Å². The highest BCUT2D eigenvalue weighted by atomic mass is 16.2. The molecule has 0 fully saturated rings. The number of nitrogens with one attached hydrogen (secondary N) is 2. The first-order chi connectivity index (χ1) is 11.4. The quantitative estimate of drug-likeness (QED) is 0.430. The summed E-state index contributed by atoms with van der Waals surface area (Å²) in [6.45, 7) is 1.55. The first kappa shape index (κ1) is 18.6. The molecule has 0 bridgehead atoms. The molecule has 1 heterocycles. The Balaban J connectivity index is 3.13. The van der Waals surface area contributed by atoms with Crippen molar-refractivity contribution >= 4 is 18.2 Å². The van der Waals surface area contributed by atoms with Crippen molar-refractivity contribution in [2.24, 2.45) is 20.9 Å². The summed E-state index contributed by atoms with van der Waals surface area (Å²) in [5.41, 5.74) is -3.09. The summed E-state index contributed by atoms with van der Waals surface area (Å²) in [5.74, 6) is -0.595. The highest BCUT2D eigenvalue weighted by Crippen LogP contribution is 2.22. The molecule has 2 atom stereocenters. The van der Waals surface area contributed by atoms with E-state index >= 15 is 0 Å². The smallest absolute Gasteiger partial charge is 0.259 e. The van der Waals surface area contributed by atoms with Gasteiger partial charge in [0, 0.05) is 0 Å². The van der Waals surface area contributed by atoms with Gasteiger partial charge < -0.3 is 0 Å². The number of isocyanates is 3. The lowest BCUT2D eigenvalue weighted by Gasteiger charge is -2.20. The van der Waals surface area contributed by atoms with E-state index in [0.717, 1.165) is 0 Å². The van der Waals surface area contributed by atoms with Crippen LogP contribution >= 0.6 is 0 Å². The maximum Gasteiger partial charge on any atom is 0.335 e. The summed E-state index contributed by atoms with van der Waals surface area (Å²) in [6, 6.07) is 0. The Morgan fingerprint density at radius 1 is 0.917 bits per heavy atom. The molecule has 12 nitrogen and oxygen atoms in total. The average molecular weight is 336 g/mol. The lowest BCUT2D eigenvalue weighted by Crippen LogP contribution is -2.46. The minimum absolute atomic E-state index is 0.0759. The summed E-state index contributed by atoms with van der Waals surface area (Å²) in [4.78, 5) is 79.4. The third-order valence-corrected chi connectivity index (χ3v) is 3.12. The Kier molecular flexibility index (Phi) is 6.87. The molecule has 0 aliphatic carbocycles. The molecule has 0 aliphatic rings. The molecular weight excluding hydrogens is 324 g/mol. The number of rotatable bonds is 8. The number of aromatic nitrogens is 3. The second-order valence-corrected chi connectivity index (χ2v) is 4.67. The number of H-pyrrole nitrogens is 2. The van der Waals surface area contributed by atoms with E-state index in [9.17, 15) is 28.8 Å². The van der Waals surface area contributed by atoms with Crippen molar-refractivity contribution in [3.8, 4) is 0 Å². The molecule has 0 aliphatic heterocycles. The number of aliphatic imine (C=N–C) groups is 3. The Hall–Kier alpha value is -3.45. The van der Waals surface area contributed by atoms with Gasteiger partial charge in [-0.05, 0) is 18.8 Å². The summed E-state index contributed by atoms with van der Waals surface area (Å²) in [6.07, 6.45) is 1.73. The van der Waals surface area contributed by atoms with Crippen LogP contribution in [-0.4, -0.2) is 38.9 Å². The average Bonchev–Trinajstić information content (AvgIpc) is 2.51. The number of aromatic amines is 2. The van der Waals surface area contributed by atoms with Crippen LogP contribution in [0.3, 0.4) is 0 Å². The molecule has 0 saturated heterocycles. The van der Waals surface area contributed by atoms with Gasteiger partial charge in [-0.3, -0.25) is 9.97 Å². The summed E-state index contributed by atoms with van der Waals surface area (Å²) in [7, 11) is 0. The molecule has 0 radical (unpaired) electrons. The molecule has 12 heteroatoms. The minimum Gasteiger partial charge on any atom is -0.259 e. The lowest BCUT2D eigenvalue weighted by molar-refractivity contribution is 0.309. The van der Waals surface area contributed by atoms with E-state index in [4.69, 9.17) is 0 Å². The first-order valence-electron chi connectivity index (χ1n) is 6.60. The van der Waals surface area contributed by atoms with Gasteiger partial charge in [-0.1, -0.05) is 6.92 Å². The molecule has 2 unspecified atom stereocenters. The second-order valence-electron chi connectivity index (χ2n) is 4.67. The van der Waals surface area contributed by atoms with Crippen LogP contribution in [-0.2, 0) is 14.4 Å². The molecule has 2 N–H and O–H groups in total. The van der Waals surface area contributed by atoms with Crippen LogP contribution < -0.4 is 17.1 Å². The van der Waals surface area contributed by atoms with Crippen molar-refractivity contribution in [2.45, 2.75) is 32.1 Å². The van der Waals surface area contributed by atoms with Crippen molar-refractivity contribution in [3.05, 3.63) is 31.5 Å². The molecule has 0 amide bonds. The number of hydrogen-bond donors (Lipinski definition) is 2. The number of carbonyl (C=O) groups excluding carboxylic acids is 3. The number of hydrogen-bond acceptors (Lipinski definition) is 9. The maximum atomic E-state index is 11.8. The fraction of sp³-hybridized carbons (Fsp3) is 0.500. The van der Waals surface area contributed by atoms with Crippen molar-refractivity contribution in [1.29, 1.82) is 0 Å². The lowest BCUT2D eigenvalue weighted by atomic mass is 10.0. The standard InChI is InChI=1S/C12H12N6O6/c1-7(2-3-8(13-4-19)14-5-20)9(15-6-21)18-11(23)16-10(22)17-12(18)24/h7-9H,2-3H2,1H3,(H2,16,17,22,23,24). The Bertz CT molecular complexity index is 841. The molecule has 1 rings (SSSR count). The van der Waals surface area contributed by atoms with Gasteiger partial charge in [0.1, 0.15) is 6.17 Å². The Morgan fingerprint density at radius 2 is 1.42 bits per heavy atom. The molecule has 1 aromatic heterocycles. The van der Waals surface area contributed by atoms with Crippen molar-refractivity contribution < 1.29 is 14.4 Å². The topological polar surface area (TPSA) is 176 Å². The van der Waals surface area contributed by atoms with E-state index in [1.807, 2.05) is 9.97 Å². The molecule has 0 saturated carbocycles. The summed E-state index contributed by atoms with van der Waals surface area (Å²) >= 11 is 0.